The van der Waals surface area contributed by atoms with Crippen molar-refractivity contribution in [2.75, 3.05) is 9.80 Å². The Kier molecular flexibility index (Phi) is 9.73. The molecule has 0 unspecified atom stereocenters. The molecule has 12 rings (SSSR count). The number of anilines is 6. The van der Waals surface area contributed by atoms with Gasteiger partial charge in [0.15, 0.2) is 0 Å². The Hall–Kier alpha value is -9.80. The molecule has 0 N–H and O–H groups in total. The number of para-hydroxylation sites is 3. The van der Waals surface area contributed by atoms with Gasteiger partial charge in [-0.2, -0.15) is 10.5 Å². The van der Waals surface area contributed by atoms with Gasteiger partial charge in [0.1, 0.15) is 0 Å². The third kappa shape index (κ3) is 6.84. The fourth-order valence-corrected chi connectivity index (χ4v) is 9.66. The average molecular weight is 867 g/mol. The topological polar surface area (TPSA) is 63.9 Å². The van der Waals surface area contributed by atoms with E-state index in [4.69, 9.17) is 0 Å². The van der Waals surface area contributed by atoms with Crippen LogP contribution in [-0.4, -0.2) is 9.13 Å². The van der Waals surface area contributed by atoms with E-state index in [0.717, 1.165) is 94.9 Å². The van der Waals surface area contributed by atoms with Crippen molar-refractivity contribution in [2.24, 2.45) is 0 Å². The van der Waals surface area contributed by atoms with Crippen molar-refractivity contribution >= 4 is 77.7 Å². The summed E-state index contributed by atoms with van der Waals surface area (Å²) in [5.41, 5.74) is 15.8. The second kappa shape index (κ2) is 16.6. The van der Waals surface area contributed by atoms with E-state index in [1.165, 1.54) is 5.39 Å². The number of hydrogen-bond donors (Lipinski definition) is 0. The van der Waals surface area contributed by atoms with Crippen molar-refractivity contribution in [1.29, 1.82) is 10.5 Å². The molecule has 0 aliphatic heterocycles. The lowest BCUT2D eigenvalue weighted by molar-refractivity contribution is 1.18. The predicted molar refractivity (Wildman–Crippen MR) is 277 cm³/mol. The van der Waals surface area contributed by atoms with Crippen molar-refractivity contribution < 1.29 is 0 Å². The van der Waals surface area contributed by atoms with Crippen LogP contribution in [0.25, 0.3) is 66.1 Å². The molecular weight excluding hydrogens is 829 g/mol. The van der Waals surface area contributed by atoms with Crippen LogP contribution in [0.2, 0.25) is 0 Å². The van der Waals surface area contributed by atoms with Gasteiger partial charge in [0.25, 0.3) is 0 Å². The third-order valence-electron chi connectivity index (χ3n) is 12.8. The van der Waals surface area contributed by atoms with Gasteiger partial charge in [-0.1, -0.05) is 91.0 Å². The van der Waals surface area contributed by atoms with Crippen LogP contribution in [0.4, 0.5) is 34.1 Å². The zero-order chi connectivity index (χ0) is 45.6. The highest BCUT2D eigenvalue weighted by Gasteiger charge is 2.20. The number of nitrogens with zero attached hydrogens (tertiary/aromatic N) is 6. The second-order valence-electron chi connectivity index (χ2n) is 16.7. The van der Waals surface area contributed by atoms with Crippen LogP contribution in [0, 0.1) is 34.8 Å². The number of hydrogen-bond acceptors (Lipinski definition) is 4. The highest BCUT2D eigenvalue weighted by Crippen LogP contribution is 2.43. The van der Waals surface area contributed by atoms with Crippen LogP contribution in [0.15, 0.2) is 231 Å². The van der Waals surface area contributed by atoms with Gasteiger partial charge in [-0.3, -0.25) is 0 Å². The first-order valence-corrected chi connectivity index (χ1v) is 22.5. The Morgan fingerprint density at radius 1 is 0.353 bits per heavy atom. The standard InChI is InChI=1S/C62H38N6/c63-41-43-19-27-49(28-20-43)65(53-35-37-61-57(39-53)55-15-7-9-17-59(55)67(61)47-11-3-1-4-12-47)51-31-23-45(24-32-51)46-25-33-52(34-26-46)66(50-29-21-44(42-64)22-30-50)54-36-38-62-58(40-54)56-16-8-10-18-60(56)68(62)48-13-5-2-6-14-48/h1-5,7-13,15-40H. The van der Waals surface area contributed by atoms with E-state index in [1.807, 2.05) is 66.7 Å². The Morgan fingerprint density at radius 2 is 0.765 bits per heavy atom. The molecule has 0 saturated heterocycles. The maximum absolute atomic E-state index is 9.67. The Labute approximate surface area is 393 Å². The molecule has 0 atom stereocenters. The van der Waals surface area contributed by atoms with Crippen molar-refractivity contribution in [3.8, 4) is 34.6 Å². The van der Waals surface area contributed by atoms with E-state index in [1.54, 1.807) is 0 Å². The summed E-state index contributed by atoms with van der Waals surface area (Å²) < 4.78 is 4.57. The minimum absolute atomic E-state index is 0.607. The Balaban J connectivity index is 0.917. The van der Waals surface area contributed by atoms with Gasteiger partial charge >= 0.3 is 0 Å². The molecule has 68 heavy (non-hydrogen) atoms. The van der Waals surface area contributed by atoms with Crippen LogP contribution < -0.4 is 9.80 Å². The van der Waals surface area contributed by atoms with Gasteiger partial charge in [-0.05, 0) is 163 Å². The maximum Gasteiger partial charge on any atom is 0.0991 e. The summed E-state index contributed by atoms with van der Waals surface area (Å²) in [7, 11) is 0. The van der Waals surface area contributed by atoms with E-state index in [0.29, 0.717) is 11.1 Å². The summed E-state index contributed by atoms with van der Waals surface area (Å²) >= 11 is 0. The molecule has 0 saturated carbocycles. The molecule has 0 radical (unpaired) electrons. The lowest BCUT2D eigenvalue weighted by atomic mass is 10.0. The first-order valence-electron chi connectivity index (χ1n) is 22.5. The van der Waals surface area contributed by atoms with Crippen LogP contribution >= 0.6 is 0 Å². The molecule has 10 aromatic carbocycles. The van der Waals surface area contributed by atoms with Gasteiger partial charge in [-0.25, -0.2) is 0 Å². The summed E-state index contributed by atoms with van der Waals surface area (Å²) in [5.74, 6) is 0. The lowest BCUT2D eigenvalue weighted by Gasteiger charge is -2.26. The molecule has 2 heterocycles. The zero-order valence-corrected chi connectivity index (χ0v) is 36.6. The summed E-state index contributed by atoms with van der Waals surface area (Å²) in [6.45, 7) is 0. The van der Waals surface area contributed by atoms with Crippen LogP contribution in [0.3, 0.4) is 0 Å². The molecule has 316 valence electrons. The van der Waals surface area contributed by atoms with E-state index in [-0.39, 0.29) is 0 Å². The summed E-state index contributed by atoms with van der Waals surface area (Å²) in [6.07, 6.45) is 0. The summed E-state index contributed by atoms with van der Waals surface area (Å²) in [5, 5.41) is 23.9. The largest absolute Gasteiger partial charge is 0.310 e. The SMILES string of the molecule is N#Cc1ccc(N(c2ccc(-c3ccc(N(c4ccc(C#N)cc4)c4ccc5c(c4)c4ccccc4n5-c4ccccc4)cc3)cc2)c2ccc3c(c2)c2ccccc2n3-c2c#cccc2)cc1. The predicted octanol–water partition coefficient (Wildman–Crippen LogP) is 15.8. The second-order valence-corrected chi connectivity index (χ2v) is 16.7. The fourth-order valence-electron chi connectivity index (χ4n) is 9.66. The Bertz CT molecular complexity index is 3630. The number of nitriles is 2. The van der Waals surface area contributed by atoms with Crippen molar-refractivity contribution in [3.63, 3.8) is 0 Å². The van der Waals surface area contributed by atoms with Gasteiger partial charge in [0.05, 0.1) is 51.0 Å². The van der Waals surface area contributed by atoms with Crippen molar-refractivity contribution in [3.05, 3.63) is 254 Å². The van der Waals surface area contributed by atoms with E-state index < -0.39 is 0 Å². The first kappa shape index (κ1) is 39.8. The van der Waals surface area contributed by atoms with Gasteiger partial charge < -0.3 is 18.9 Å². The quantitative estimate of drug-likeness (QED) is 0.145. The van der Waals surface area contributed by atoms with E-state index >= 15 is 0 Å². The average Bonchev–Trinajstić information content (AvgIpc) is 3.92. The molecule has 0 aliphatic carbocycles. The summed E-state index contributed by atoms with van der Waals surface area (Å²) in [6, 6.07) is 90.6. The number of fused-ring (bicyclic) bond motifs is 6. The van der Waals surface area contributed by atoms with Gasteiger partial charge in [0, 0.05) is 61.4 Å². The highest BCUT2D eigenvalue weighted by atomic mass is 15.1. The molecule has 12 aromatic rings. The molecule has 2 aromatic heterocycles. The highest BCUT2D eigenvalue weighted by molar-refractivity contribution is 6.12. The van der Waals surface area contributed by atoms with Gasteiger partial charge in [-0.15, -0.1) is 0 Å². The number of rotatable bonds is 9. The van der Waals surface area contributed by atoms with Crippen LogP contribution in [0.5, 0.6) is 0 Å². The minimum atomic E-state index is 0.607. The lowest BCUT2D eigenvalue weighted by Crippen LogP contribution is -2.10. The Morgan fingerprint density at radius 3 is 1.24 bits per heavy atom. The van der Waals surface area contributed by atoms with E-state index in [9.17, 15) is 10.5 Å². The van der Waals surface area contributed by atoms with Crippen LogP contribution in [-0.2, 0) is 0 Å². The van der Waals surface area contributed by atoms with Crippen LogP contribution in [0.1, 0.15) is 11.1 Å². The zero-order valence-electron chi connectivity index (χ0n) is 36.6. The molecule has 0 bridgehead atoms. The molecule has 0 aliphatic rings. The third-order valence-corrected chi connectivity index (χ3v) is 12.8. The monoisotopic (exact) mass is 866 g/mol. The first-order chi connectivity index (χ1) is 33.6. The number of benzene rings is 9. The van der Waals surface area contributed by atoms with Crippen molar-refractivity contribution in [1.82, 2.24) is 9.13 Å². The molecule has 6 heteroatoms. The van der Waals surface area contributed by atoms with Gasteiger partial charge in [0.2, 0.25) is 0 Å². The molecule has 0 amide bonds. The fraction of sp³-hybridized carbons (Fsp3) is 0. The van der Waals surface area contributed by atoms with Crippen molar-refractivity contribution in [2.45, 2.75) is 0 Å². The molecule has 0 spiro atoms. The van der Waals surface area contributed by atoms with E-state index in [2.05, 4.69) is 207 Å². The minimum Gasteiger partial charge on any atom is -0.310 e. The maximum atomic E-state index is 9.67. The molecule has 0 fully saturated rings. The summed E-state index contributed by atoms with van der Waals surface area (Å²) in [4.78, 5) is 4.49. The smallest absolute Gasteiger partial charge is 0.0991 e. The molecule has 6 nitrogen and oxygen atoms in total. The number of aromatic nitrogens is 2. The molecular formula is C62H38N6. The normalized spacial score (nSPS) is 11.1.